The van der Waals surface area contributed by atoms with E-state index in [-0.39, 0.29) is 28.3 Å². The summed E-state index contributed by atoms with van der Waals surface area (Å²) in [5, 5.41) is 2.84. The zero-order valence-electron chi connectivity index (χ0n) is 12.5. The Kier molecular flexibility index (Phi) is 6.55. The first-order valence-corrected chi connectivity index (χ1v) is 7.33. The summed E-state index contributed by atoms with van der Waals surface area (Å²) in [5.41, 5.74) is 5.52. The highest BCUT2D eigenvalue weighted by Gasteiger charge is 2.20. The predicted octanol–water partition coefficient (Wildman–Crippen LogP) is 2.53. The van der Waals surface area contributed by atoms with E-state index in [9.17, 15) is 9.18 Å². The molecule has 0 spiro atoms. The van der Waals surface area contributed by atoms with E-state index in [4.69, 9.17) is 22.7 Å². The number of carbonyl (C=O) groups excluding carboxylic acids is 1. The van der Waals surface area contributed by atoms with Crippen LogP contribution in [0.15, 0.2) is 18.2 Å². The molecule has 4 nitrogen and oxygen atoms in total. The maximum atomic E-state index is 13.7. The Morgan fingerprint density at radius 1 is 1.48 bits per heavy atom. The molecule has 1 rings (SSSR count). The number of nitrogens with one attached hydrogen (secondary N) is 1. The van der Waals surface area contributed by atoms with Crippen molar-refractivity contribution in [1.82, 2.24) is 5.32 Å². The Bertz CT molecular complexity index is 522. The van der Waals surface area contributed by atoms with Crippen molar-refractivity contribution >= 4 is 23.1 Å². The second-order valence-corrected chi connectivity index (χ2v) is 5.38. The van der Waals surface area contributed by atoms with Crippen molar-refractivity contribution in [2.45, 2.75) is 45.8 Å². The lowest BCUT2D eigenvalue weighted by atomic mass is 10.1. The van der Waals surface area contributed by atoms with Crippen LogP contribution in [-0.4, -0.2) is 23.0 Å². The molecule has 21 heavy (non-hydrogen) atoms. The highest BCUT2D eigenvalue weighted by molar-refractivity contribution is 7.80. The van der Waals surface area contributed by atoms with E-state index in [0.29, 0.717) is 0 Å². The highest BCUT2D eigenvalue weighted by Crippen LogP contribution is 2.22. The molecule has 6 heteroatoms. The molecule has 0 aliphatic rings. The largest absolute Gasteiger partial charge is 0.480 e. The van der Waals surface area contributed by atoms with Gasteiger partial charge in [-0.15, -0.1) is 0 Å². The third-order valence-electron chi connectivity index (χ3n) is 3.01. The van der Waals surface area contributed by atoms with Crippen molar-refractivity contribution in [3.05, 3.63) is 29.6 Å². The van der Waals surface area contributed by atoms with Gasteiger partial charge in [-0.05, 0) is 32.4 Å². The monoisotopic (exact) mass is 312 g/mol. The first-order valence-electron chi connectivity index (χ1n) is 6.92. The maximum Gasteiger partial charge on any atom is 0.260 e. The summed E-state index contributed by atoms with van der Waals surface area (Å²) in [7, 11) is 0. The quantitative estimate of drug-likeness (QED) is 0.759. The summed E-state index contributed by atoms with van der Waals surface area (Å²) in [4.78, 5) is 11.9. The molecule has 0 aromatic heterocycles. The molecule has 0 saturated carbocycles. The molecule has 3 N–H and O–H groups in total. The minimum atomic E-state index is -0.765. The van der Waals surface area contributed by atoms with Crippen LogP contribution in [0.4, 0.5) is 4.39 Å². The number of ether oxygens (including phenoxy) is 1. The molecule has 1 aromatic rings. The molecular weight excluding hydrogens is 291 g/mol. The van der Waals surface area contributed by atoms with Crippen LogP contribution >= 0.6 is 12.2 Å². The second kappa shape index (κ2) is 7.93. The van der Waals surface area contributed by atoms with Crippen LogP contribution in [0.1, 0.15) is 39.2 Å². The third-order valence-corrected chi connectivity index (χ3v) is 3.21. The predicted molar refractivity (Wildman–Crippen MR) is 84.9 cm³/mol. The Morgan fingerprint density at radius 3 is 2.71 bits per heavy atom. The number of rotatable bonds is 7. The Morgan fingerprint density at radius 2 is 2.14 bits per heavy atom. The lowest BCUT2D eigenvalue weighted by molar-refractivity contribution is -0.127. The van der Waals surface area contributed by atoms with E-state index < -0.39 is 11.9 Å². The van der Waals surface area contributed by atoms with Crippen LogP contribution in [0.2, 0.25) is 0 Å². The molecule has 116 valence electrons. The summed E-state index contributed by atoms with van der Waals surface area (Å²) < 4.78 is 19.2. The zero-order valence-corrected chi connectivity index (χ0v) is 13.3. The minimum absolute atomic E-state index is 0.0220. The number of hydrogen-bond donors (Lipinski definition) is 2. The van der Waals surface area contributed by atoms with E-state index in [2.05, 4.69) is 5.32 Å². The second-order valence-electron chi connectivity index (χ2n) is 4.94. The zero-order chi connectivity index (χ0) is 16.0. The molecule has 1 amide bonds. The molecular formula is C15H21FN2O2S. The molecule has 0 fully saturated rings. The van der Waals surface area contributed by atoms with Gasteiger partial charge in [0.05, 0.1) is 5.56 Å². The van der Waals surface area contributed by atoms with Crippen molar-refractivity contribution < 1.29 is 13.9 Å². The van der Waals surface area contributed by atoms with Crippen LogP contribution < -0.4 is 15.8 Å². The molecule has 2 atom stereocenters. The van der Waals surface area contributed by atoms with Gasteiger partial charge in [0.15, 0.2) is 6.10 Å². The molecule has 0 saturated heterocycles. The first kappa shape index (κ1) is 17.4. The standard InChI is InChI=1S/C15H21FN2O2S/c1-4-6-9(2)18-15(19)10(3)20-12-8-5-7-11(16)13(12)14(17)21/h5,7-10H,4,6H2,1-3H3,(H2,17,21)(H,18,19). The van der Waals surface area contributed by atoms with Gasteiger partial charge in [-0.25, -0.2) is 4.39 Å². The average Bonchev–Trinajstić information content (AvgIpc) is 2.38. The van der Waals surface area contributed by atoms with E-state index >= 15 is 0 Å². The normalized spacial score (nSPS) is 13.3. The smallest absolute Gasteiger partial charge is 0.260 e. The SMILES string of the molecule is CCCC(C)NC(=O)C(C)Oc1cccc(F)c1C(N)=S. The van der Waals surface area contributed by atoms with E-state index in [1.54, 1.807) is 6.92 Å². The third kappa shape index (κ3) is 4.97. The number of benzene rings is 1. The van der Waals surface area contributed by atoms with E-state index in [1.165, 1.54) is 18.2 Å². The number of nitrogens with two attached hydrogens (primary N) is 1. The number of thiocarbonyl (C=S) groups is 1. The summed E-state index contributed by atoms with van der Waals surface area (Å²) in [6.45, 7) is 5.57. The Labute approximate surface area is 129 Å². The van der Waals surface area contributed by atoms with Crippen molar-refractivity contribution in [3.63, 3.8) is 0 Å². The van der Waals surface area contributed by atoms with Crippen molar-refractivity contribution in [2.24, 2.45) is 5.73 Å². The molecule has 0 bridgehead atoms. The number of carbonyl (C=O) groups is 1. The Hall–Kier alpha value is -1.69. The fourth-order valence-corrected chi connectivity index (χ4v) is 2.15. The molecule has 0 radical (unpaired) electrons. The Balaban J connectivity index is 2.79. The highest BCUT2D eigenvalue weighted by atomic mass is 32.1. The lowest BCUT2D eigenvalue weighted by Gasteiger charge is -2.19. The van der Waals surface area contributed by atoms with Gasteiger partial charge >= 0.3 is 0 Å². The van der Waals surface area contributed by atoms with Gasteiger partial charge in [-0.2, -0.15) is 0 Å². The molecule has 0 heterocycles. The van der Waals surface area contributed by atoms with Gasteiger partial charge in [0.1, 0.15) is 16.6 Å². The lowest BCUT2D eigenvalue weighted by Crippen LogP contribution is -2.41. The summed E-state index contributed by atoms with van der Waals surface area (Å²) in [6, 6.07) is 4.33. The first-order chi connectivity index (χ1) is 9.86. The molecule has 1 aromatic carbocycles. The molecule has 0 aliphatic heterocycles. The molecule has 2 unspecified atom stereocenters. The number of amides is 1. The van der Waals surface area contributed by atoms with Gasteiger partial charge < -0.3 is 15.8 Å². The van der Waals surface area contributed by atoms with Gasteiger partial charge in [-0.1, -0.05) is 31.6 Å². The van der Waals surface area contributed by atoms with Crippen molar-refractivity contribution in [1.29, 1.82) is 0 Å². The van der Waals surface area contributed by atoms with Gasteiger partial charge in [-0.3, -0.25) is 4.79 Å². The van der Waals surface area contributed by atoms with Crippen LogP contribution in [0.25, 0.3) is 0 Å². The van der Waals surface area contributed by atoms with Gasteiger partial charge in [0, 0.05) is 6.04 Å². The van der Waals surface area contributed by atoms with Crippen LogP contribution in [-0.2, 0) is 4.79 Å². The van der Waals surface area contributed by atoms with Gasteiger partial charge in [0.2, 0.25) is 0 Å². The summed E-state index contributed by atoms with van der Waals surface area (Å²) >= 11 is 4.82. The topological polar surface area (TPSA) is 64.3 Å². The fraction of sp³-hybridized carbons (Fsp3) is 0.467. The fourth-order valence-electron chi connectivity index (χ4n) is 1.95. The van der Waals surface area contributed by atoms with Crippen LogP contribution in [0, 0.1) is 5.82 Å². The average molecular weight is 312 g/mol. The number of hydrogen-bond acceptors (Lipinski definition) is 3. The number of halogens is 1. The summed E-state index contributed by atoms with van der Waals surface area (Å²) in [5.74, 6) is -0.644. The van der Waals surface area contributed by atoms with Gasteiger partial charge in [0.25, 0.3) is 5.91 Å². The van der Waals surface area contributed by atoms with E-state index in [0.717, 1.165) is 12.8 Å². The minimum Gasteiger partial charge on any atom is -0.480 e. The van der Waals surface area contributed by atoms with Crippen molar-refractivity contribution in [2.75, 3.05) is 0 Å². The van der Waals surface area contributed by atoms with Crippen LogP contribution in [0.3, 0.4) is 0 Å². The van der Waals surface area contributed by atoms with Crippen molar-refractivity contribution in [3.8, 4) is 5.75 Å². The van der Waals surface area contributed by atoms with Crippen LogP contribution in [0.5, 0.6) is 5.75 Å². The molecule has 0 aliphatic carbocycles. The summed E-state index contributed by atoms with van der Waals surface area (Å²) in [6.07, 6.45) is 1.10. The van der Waals surface area contributed by atoms with E-state index in [1.807, 2.05) is 13.8 Å². The maximum absolute atomic E-state index is 13.7.